The summed E-state index contributed by atoms with van der Waals surface area (Å²) in [6.07, 6.45) is 9.70. The summed E-state index contributed by atoms with van der Waals surface area (Å²) < 4.78 is 0. The molecule has 2 heterocycles. The second-order valence-electron chi connectivity index (χ2n) is 9.28. The van der Waals surface area contributed by atoms with Gasteiger partial charge >= 0.3 is 0 Å². The van der Waals surface area contributed by atoms with Crippen LogP contribution in [0.2, 0.25) is 0 Å². The first-order chi connectivity index (χ1) is 14.2. The van der Waals surface area contributed by atoms with Crippen molar-refractivity contribution < 1.29 is 0 Å². The molecule has 0 aromatic heterocycles. The summed E-state index contributed by atoms with van der Waals surface area (Å²) in [5, 5.41) is 0. The number of hydrogen-bond donors (Lipinski definition) is 0. The van der Waals surface area contributed by atoms with Crippen molar-refractivity contribution in [3.8, 4) is 11.1 Å². The summed E-state index contributed by atoms with van der Waals surface area (Å²) in [6.45, 7) is 4.53. The van der Waals surface area contributed by atoms with Gasteiger partial charge in [0.2, 0.25) is 0 Å². The van der Waals surface area contributed by atoms with Crippen molar-refractivity contribution in [1.29, 1.82) is 0 Å². The SMILES string of the molecule is CN1CC=C(CC2(CC3=CCN(C)CC3)c3ccccc3-c3ccccc32)CC1. The van der Waals surface area contributed by atoms with E-state index in [0.29, 0.717) is 0 Å². The lowest BCUT2D eigenvalue weighted by Gasteiger charge is -2.37. The third-order valence-corrected chi connectivity index (χ3v) is 7.25. The lowest BCUT2D eigenvalue weighted by atomic mass is 9.68. The standard InChI is InChI=1S/C27H32N2/c1-28-15-11-21(12-16-28)19-27(20-22-13-17-29(2)18-14-22)25-9-5-3-7-23(25)24-8-4-6-10-26(24)27/h3-11,13H,12,14-20H2,1-2H3. The van der Waals surface area contributed by atoms with E-state index >= 15 is 0 Å². The quantitative estimate of drug-likeness (QED) is 0.664. The number of likely N-dealkylation sites (N-methyl/N-ethyl adjacent to an activating group) is 2. The molecule has 1 aliphatic carbocycles. The third-order valence-electron chi connectivity index (χ3n) is 7.25. The number of fused-ring (bicyclic) bond motifs is 3. The molecule has 5 rings (SSSR count). The highest BCUT2D eigenvalue weighted by molar-refractivity contribution is 5.81. The zero-order valence-corrected chi connectivity index (χ0v) is 17.8. The minimum absolute atomic E-state index is 0.0800. The van der Waals surface area contributed by atoms with Crippen LogP contribution >= 0.6 is 0 Å². The number of nitrogens with zero attached hydrogens (tertiary/aromatic N) is 2. The van der Waals surface area contributed by atoms with E-state index in [1.807, 2.05) is 0 Å². The molecule has 0 N–H and O–H groups in total. The van der Waals surface area contributed by atoms with Gasteiger partial charge in [-0.2, -0.15) is 0 Å². The zero-order chi connectivity index (χ0) is 19.8. The Morgan fingerprint density at radius 2 is 1.14 bits per heavy atom. The van der Waals surface area contributed by atoms with Gasteiger partial charge in [-0.25, -0.2) is 0 Å². The zero-order valence-electron chi connectivity index (χ0n) is 17.8. The van der Waals surface area contributed by atoms with Crippen molar-refractivity contribution in [2.24, 2.45) is 0 Å². The van der Waals surface area contributed by atoms with Crippen LogP contribution < -0.4 is 0 Å². The van der Waals surface area contributed by atoms with Gasteiger partial charge in [-0.05, 0) is 62.0 Å². The maximum absolute atomic E-state index is 2.50. The van der Waals surface area contributed by atoms with Crippen LogP contribution in [0.25, 0.3) is 11.1 Å². The van der Waals surface area contributed by atoms with Crippen molar-refractivity contribution in [2.75, 3.05) is 40.3 Å². The van der Waals surface area contributed by atoms with Crippen LogP contribution in [0.5, 0.6) is 0 Å². The smallest absolute Gasteiger partial charge is 0.0289 e. The van der Waals surface area contributed by atoms with Gasteiger partial charge in [0.05, 0.1) is 0 Å². The van der Waals surface area contributed by atoms with Crippen LogP contribution in [0.4, 0.5) is 0 Å². The highest BCUT2D eigenvalue weighted by Gasteiger charge is 2.43. The Balaban J connectivity index is 1.63. The van der Waals surface area contributed by atoms with Gasteiger partial charge in [0.1, 0.15) is 0 Å². The first-order valence-electron chi connectivity index (χ1n) is 11.1. The minimum atomic E-state index is 0.0800. The fourth-order valence-corrected chi connectivity index (χ4v) is 5.58. The molecule has 2 aliphatic heterocycles. The molecule has 0 bridgehead atoms. The largest absolute Gasteiger partial charge is 0.302 e. The van der Waals surface area contributed by atoms with Gasteiger partial charge in [-0.15, -0.1) is 0 Å². The van der Waals surface area contributed by atoms with E-state index in [-0.39, 0.29) is 5.41 Å². The Bertz CT molecular complexity index is 889. The van der Waals surface area contributed by atoms with Gasteiger partial charge < -0.3 is 9.80 Å². The van der Waals surface area contributed by atoms with Crippen LogP contribution in [-0.2, 0) is 5.41 Å². The summed E-state index contributed by atoms with van der Waals surface area (Å²) in [6, 6.07) is 18.4. The molecule has 150 valence electrons. The molecule has 2 nitrogen and oxygen atoms in total. The predicted molar refractivity (Wildman–Crippen MR) is 122 cm³/mol. The molecule has 29 heavy (non-hydrogen) atoms. The summed E-state index contributed by atoms with van der Waals surface area (Å²) in [5.74, 6) is 0. The summed E-state index contributed by atoms with van der Waals surface area (Å²) in [7, 11) is 4.46. The van der Waals surface area contributed by atoms with Gasteiger partial charge in [0.15, 0.2) is 0 Å². The Hall–Kier alpha value is -2.16. The second-order valence-corrected chi connectivity index (χ2v) is 9.28. The van der Waals surface area contributed by atoms with E-state index in [4.69, 9.17) is 0 Å². The van der Waals surface area contributed by atoms with E-state index in [2.05, 4.69) is 84.6 Å². The Morgan fingerprint density at radius 1 is 0.690 bits per heavy atom. The molecule has 2 aromatic carbocycles. The van der Waals surface area contributed by atoms with Gasteiger partial charge in [0, 0.05) is 31.6 Å². The maximum atomic E-state index is 2.50. The van der Waals surface area contributed by atoms with Gasteiger partial charge in [0.25, 0.3) is 0 Å². The summed E-state index contributed by atoms with van der Waals surface area (Å²) in [4.78, 5) is 4.85. The molecule has 2 aromatic rings. The molecule has 0 radical (unpaired) electrons. The molecule has 0 amide bonds. The summed E-state index contributed by atoms with van der Waals surface area (Å²) in [5.41, 5.74) is 9.35. The van der Waals surface area contributed by atoms with E-state index < -0.39 is 0 Å². The molecule has 0 saturated heterocycles. The molecule has 0 fully saturated rings. The van der Waals surface area contributed by atoms with E-state index in [1.165, 1.54) is 37.1 Å². The fourth-order valence-electron chi connectivity index (χ4n) is 5.58. The lowest BCUT2D eigenvalue weighted by molar-refractivity contribution is 0.341. The molecule has 0 spiro atoms. The Morgan fingerprint density at radius 3 is 1.55 bits per heavy atom. The van der Waals surface area contributed by atoms with Crippen molar-refractivity contribution in [3.63, 3.8) is 0 Å². The Kier molecular flexibility index (Phi) is 4.93. The molecular formula is C27H32N2. The van der Waals surface area contributed by atoms with E-state index in [1.54, 1.807) is 22.3 Å². The predicted octanol–water partition coefficient (Wildman–Crippen LogP) is 5.26. The van der Waals surface area contributed by atoms with Crippen LogP contribution in [0.1, 0.15) is 36.8 Å². The van der Waals surface area contributed by atoms with Crippen molar-refractivity contribution in [1.82, 2.24) is 9.80 Å². The van der Waals surface area contributed by atoms with Gasteiger partial charge in [-0.3, -0.25) is 0 Å². The minimum Gasteiger partial charge on any atom is -0.302 e. The summed E-state index contributed by atoms with van der Waals surface area (Å²) >= 11 is 0. The number of rotatable bonds is 4. The van der Waals surface area contributed by atoms with Gasteiger partial charge in [-0.1, -0.05) is 71.8 Å². The lowest BCUT2D eigenvalue weighted by Crippen LogP contribution is -2.32. The van der Waals surface area contributed by atoms with Crippen LogP contribution in [0.15, 0.2) is 71.8 Å². The van der Waals surface area contributed by atoms with Crippen molar-refractivity contribution in [3.05, 3.63) is 83.0 Å². The van der Waals surface area contributed by atoms with Crippen LogP contribution in [0.3, 0.4) is 0 Å². The van der Waals surface area contributed by atoms with Crippen molar-refractivity contribution >= 4 is 0 Å². The average molecular weight is 385 g/mol. The molecule has 0 atom stereocenters. The average Bonchev–Trinajstić information content (AvgIpc) is 3.02. The monoisotopic (exact) mass is 384 g/mol. The molecule has 3 aliphatic rings. The number of hydrogen-bond acceptors (Lipinski definition) is 2. The molecule has 0 unspecified atom stereocenters. The first kappa shape index (κ1) is 18.8. The topological polar surface area (TPSA) is 6.48 Å². The highest BCUT2D eigenvalue weighted by atomic mass is 15.1. The first-order valence-corrected chi connectivity index (χ1v) is 11.1. The Labute approximate surface area is 175 Å². The second kappa shape index (κ2) is 7.59. The van der Waals surface area contributed by atoms with E-state index in [0.717, 1.165) is 25.9 Å². The molecule has 0 saturated carbocycles. The molecule has 2 heteroatoms. The maximum Gasteiger partial charge on any atom is 0.0289 e. The normalized spacial score (nSPS) is 21.3. The molecular weight excluding hydrogens is 352 g/mol. The van der Waals surface area contributed by atoms with Crippen molar-refractivity contribution in [2.45, 2.75) is 31.1 Å². The van der Waals surface area contributed by atoms with Crippen LogP contribution in [-0.4, -0.2) is 50.1 Å². The fraction of sp³-hybridized carbons (Fsp3) is 0.407. The third kappa shape index (κ3) is 3.39. The number of benzene rings is 2. The van der Waals surface area contributed by atoms with Crippen LogP contribution in [0, 0.1) is 0 Å². The highest BCUT2D eigenvalue weighted by Crippen LogP contribution is 2.55. The van der Waals surface area contributed by atoms with E-state index in [9.17, 15) is 0 Å².